The van der Waals surface area contributed by atoms with E-state index in [1.54, 1.807) is 12.2 Å². The molecule has 1 heteroatoms. The Morgan fingerprint density at radius 2 is 1.00 bits per heavy atom. The second-order valence-electron chi connectivity index (χ2n) is 5.47. The highest BCUT2D eigenvalue weighted by molar-refractivity contribution is 6.04. The van der Waals surface area contributed by atoms with Crippen LogP contribution in [0.2, 0.25) is 0 Å². The first kappa shape index (κ1) is 15.7. The molecular weight excluding hydrogens is 292 g/mol. The van der Waals surface area contributed by atoms with Crippen molar-refractivity contribution in [3.8, 4) is 11.1 Å². The Bertz CT molecular complexity index is 842. The molecule has 0 aliphatic heterocycles. The Morgan fingerprint density at radius 3 is 1.58 bits per heavy atom. The third-order valence-electron chi connectivity index (χ3n) is 3.70. The van der Waals surface area contributed by atoms with E-state index >= 15 is 0 Å². The fourth-order valence-corrected chi connectivity index (χ4v) is 2.39. The highest BCUT2D eigenvalue weighted by Crippen LogP contribution is 2.19. The van der Waals surface area contributed by atoms with Gasteiger partial charge in [-0.25, -0.2) is 0 Å². The van der Waals surface area contributed by atoms with Gasteiger partial charge in [-0.1, -0.05) is 97.1 Å². The Hall–Kier alpha value is -3.19. The van der Waals surface area contributed by atoms with Crippen molar-refractivity contribution in [2.45, 2.75) is 0 Å². The first-order valence-corrected chi connectivity index (χ1v) is 7.92. The van der Waals surface area contributed by atoms with Crippen LogP contribution in [-0.4, -0.2) is 5.78 Å². The van der Waals surface area contributed by atoms with Crippen molar-refractivity contribution in [3.63, 3.8) is 0 Å². The van der Waals surface area contributed by atoms with Crippen molar-refractivity contribution < 1.29 is 4.79 Å². The third kappa shape index (κ3) is 4.40. The van der Waals surface area contributed by atoms with Crippen molar-refractivity contribution >= 4 is 17.9 Å². The number of allylic oxidation sites excluding steroid dienone is 2. The first-order chi connectivity index (χ1) is 11.8. The van der Waals surface area contributed by atoms with Crippen LogP contribution < -0.4 is 0 Å². The summed E-state index contributed by atoms with van der Waals surface area (Å²) in [6.45, 7) is 0. The maximum atomic E-state index is 11.9. The van der Waals surface area contributed by atoms with Crippen LogP contribution in [0.1, 0.15) is 11.1 Å². The fraction of sp³-hybridized carbons (Fsp3) is 0. The summed E-state index contributed by atoms with van der Waals surface area (Å²) >= 11 is 0. The first-order valence-electron chi connectivity index (χ1n) is 7.92. The van der Waals surface area contributed by atoms with Crippen LogP contribution in [-0.2, 0) is 4.79 Å². The van der Waals surface area contributed by atoms with Crippen LogP contribution in [0, 0.1) is 0 Å². The van der Waals surface area contributed by atoms with Gasteiger partial charge in [-0.05, 0) is 34.4 Å². The summed E-state index contributed by atoms with van der Waals surface area (Å²) in [5.41, 5.74) is 4.39. The molecule has 1 nitrogen and oxygen atoms in total. The molecule has 0 heterocycles. The summed E-state index contributed by atoms with van der Waals surface area (Å²) in [6, 6.07) is 28.2. The number of carbonyl (C=O) groups excluding carboxylic acids is 1. The monoisotopic (exact) mass is 310 g/mol. The topological polar surface area (TPSA) is 17.1 Å². The van der Waals surface area contributed by atoms with E-state index in [2.05, 4.69) is 24.3 Å². The molecule has 3 rings (SSSR count). The molecule has 0 aliphatic rings. The van der Waals surface area contributed by atoms with Gasteiger partial charge in [-0.3, -0.25) is 4.79 Å². The van der Waals surface area contributed by atoms with Gasteiger partial charge in [0.25, 0.3) is 0 Å². The maximum Gasteiger partial charge on any atom is 0.178 e. The summed E-state index contributed by atoms with van der Waals surface area (Å²) in [6.07, 6.45) is 6.85. The van der Waals surface area contributed by atoms with Gasteiger partial charge >= 0.3 is 0 Å². The molecular formula is C23H18O. The number of hydrogen-bond acceptors (Lipinski definition) is 1. The molecule has 0 aromatic heterocycles. The number of ketones is 1. The fourth-order valence-electron chi connectivity index (χ4n) is 2.39. The third-order valence-corrected chi connectivity index (χ3v) is 3.70. The van der Waals surface area contributed by atoms with Crippen molar-refractivity contribution in [1.82, 2.24) is 0 Å². The van der Waals surface area contributed by atoms with Crippen LogP contribution in [0.25, 0.3) is 23.3 Å². The van der Waals surface area contributed by atoms with Gasteiger partial charge in [-0.15, -0.1) is 0 Å². The molecule has 24 heavy (non-hydrogen) atoms. The molecule has 0 aliphatic carbocycles. The van der Waals surface area contributed by atoms with Crippen molar-refractivity contribution in [1.29, 1.82) is 0 Å². The SMILES string of the molecule is O=C(/C=C/c1ccccc1)/C=C/c1ccc(-c2ccccc2)cc1. The maximum absolute atomic E-state index is 11.9. The lowest BCUT2D eigenvalue weighted by Gasteiger charge is -2.01. The Morgan fingerprint density at radius 1 is 0.542 bits per heavy atom. The van der Waals surface area contributed by atoms with E-state index in [1.807, 2.05) is 72.8 Å². The van der Waals surface area contributed by atoms with Gasteiger partial charge in [0.1, 0.15) is 0 Å². The normalized spacial score (nSPS) is 11.2. The van der Waals surface area contributed by atoms with Gasteiger partial charge in [0.2, 0.25) is 0 Å². The quantitative estimate of drug-likeness (QED) is 0.557. The molecule has 0 spiro atoms. The number of hydrogen-bond donors (Lipinski definition) is 0. The predicted molar refractivity (Wildman–Crippen MR) is 101 cm³/mol. The molecule has 0 radical (unpaired) electrons. The molecule has 0 N–H and O–H groups in total. The summed E-state index contributed by atoms with van der Waals surface area (Å²) < 4.78 is 0. The average molecular weight is 310 g/mol. The summed E-state index contributed by atoms with van der Waals surface area (Å²) in [4.78, 5) is 11.9. The molecule has 0 atom stereocenters. The minimum atomic E-state index is -0.0222. The lowest BCUT2D eigenvalue weighted by molar-refractivity contribution is -0.110. The van der Waals surface area contributed by atoms with Gasteiger partial charge in [-0.2, -0.15) is 0 Å². The molecule has 116 valence electrons. The van der Waals surface area contributed by atoms with E-state index < -0.39 is 0 Å². The second-order valence-corrected chi connectivity index (χ2v) is 5.47. The zero-order valence-corrected chi connectivity index (χ0v) is 13.3. The van der Waals surface area contributed by atoms with E-state index in [0.29, 0.717) is 0 Å². The van der Waals surface area contributed by atoms with Crippen LogP contribution >= 0.6 is 0 Å². The summed E-state index contributed by atoms with van der Waals surface area (Å²) in [5, 5.41) is 0. The molecule has 0 unspecified atom stereocenters. The molecule has 0 saturated heterocycles. The van der Waals surface area contributed by atoms with Gasteiger partial charge in [0, 0.05) is 0 Å². The van der Waals surface area contributed by atoms with Crippen LogP contribution in [0.3, 0.4) is 0 Å². The Labute approximate surface area is 142 Å². The van der Waals surface area contributed by atoms with Crippen molar-refractivity contribution in [2.24, 2.45) is 0 Å². The van der Waals surface area contributed by atoms with E-state index in [4.69, 9.17) is 0 Å². The lowest BCUT2D eigenvalue weighted by atomic mass is 10.0. The molecule has 0 amide bonds. The van der Waals surface area contributed by atoms with Gasteiger partial charge < -0.3 is 0 Å². The van der Waals surface area contributed by atoms with Crippen LogP contribution in [0.5, 0.6) is 0 Å². The van der Waals surface area contributed by atoms with E-state index in [1.165, 1.54) is 11.1 Å². The number of carbonyl (C=O) groups is 1. The smallest absolute Gasteiger partial charge is 0.178 e. The van der Waals surface area contributed by atoms with Crippen LogP contribution in [0.4, 0.5) is 0 Å². The van der Waals surface area contributed by atoms with Crippen LogP contribution in [0.15, 0.2) is 97.1 Å². The standard InChI is InChI=1S/C23H18O/c24-23(17-13-19-7-3-1-4-8-19)18-14-20-11-15-22(16-12-20)21-9-5-2-6-10-21/h1-18H/b17-13+,18-14+. The number of rotatable bonds is 5. The van der Waals surface area contributed by atoms with Crippen molar-refractivity contribution in [3.05, 3.63) is 108 Å². The highest BCUT2D eigenvalue weighted by atomic mass is 16.1. The molecule has 0 bridgehead atoms. The molecule has 0 saturated carbocycles. The molecule has 3 aromatic rings. The minimum absolute atomic E-state index is 0.0222. The Balaban J connectivity index is 1.64. The zero-order valence-electron chi connectivity index (χ0n) is 13.3. The van der Waals surface area contributed by atoms with Gasteiger partial charge in [0.15, 0.2) is 5.78 Å². The predicted octanol–water partition coefficient (Wildman–Crippen LogP) is 5.65. The zero-order chi connectivity index (χ0) is 16.6. The van der Waals surface area contributed by atoms with E-state index in [9.17, 15) is 4.79 Å². The van der Waals surface area contributed by atoms with Crippen molar-refractivity contribution in [2.75, 3.05) is 0 Å². The minimum Gasteiger partial charge on any atom is -0.290 e. The second kappa shape index (κ2) is 7.89. The Kier molecular flexibility index (Phi) is 5.16. The average Bonchev–Trinajstić information content (AvgIpc) is 2.67. The lowest BCUT2D eigenvalue weighted by Crippen LogP contribution is -1.85. The van der Waals surface area contributed by atoms with Gasteiger partial charge in [0.05, 0.1) is 0 Å². The largest absolute Gasteiger partial charge is 0.290 e. The highest BCUT2D eigenvalue weighted by Gasteiger charge is 1.96. The van der Waals surface area contributed by atoms with E-state index in [-0.39, 0.29) is 5.78 Å². The molecule has 3 aromatic carbocycles. The molecule has 0 fully saturated rings. The summed E-state index contributed by atoms with van der Waals surface area (Å²) in [7, 11) is 0. The van der Waals surface area contributed by atoms with E-state index in [0.717, 1.165) is 11.1 Å². The summed E-state index contributed by atoms with van der Waals surface area (Å²) in [5.74, 6) is -0.0222. The number of benzene rings is 3.